The van der Waals surface area contributed by atoms with E-state index in [4.69, 9.17) is 4.74 Å². The summed E-state index contributed by atoms with van der Waals surface area (Å²) < 4.78 is 5.81. The van der Waals surface area contributed by atoms with Gasteiger partial charge in [0.25, 0.3) is 0 Å². The Kier molecular flexibility index (Phi) is 4.71. The molecule has 0 bridgehead atoms. The monoisotopic (exact) mass is 253 g/mol. The fourth-order valence-electron chi connectivity index (χ4n) is 3.74. The van der Waals surface area contributed by atoms with E-state index in [1.165, 1.54) is 38.5 Å². The Morgan fingerprint density at radius 1 is 1.22 bits per heavy atom. The predicted molar refractivity (Wildman–Crippen MR) is 76.8 cm³/mol. The fraction of sp³-hybridized carbons (Fsp3) is 1.00. The van der Waals surface area contributed by atoms with E-state index in [9.17, 15) is 0 Å². The maximum atomic E-state index is 5.81. The third-order valence-corrected chi connectivity index (χ3v) is 5.37. The molecule has 2 nitrogen and oxygen atoms in total. The van der Waals surface area contributed by atoms with Crippen LogP contribution in [0.15, 0.2) is 0 Å². The van der Waals surface area contributed by atoms with Gasteiger partial charge in [-0.05, 0) is 39.0 Å². The van der Waals surface area contributed by atoms with Crippen molar-refractivity contribution in [2.45, 2.75) is 84.4 Å². The van der Waals surface area contributed by atoms with Gasteiger partial charge in [-0.2, -0.15) is 0 Å². The second-order valence-corrected chi connectivity index (χ2v) is 6.91. The molecule has 2 rings (SSSR count). The van der Waals surface area contributed by atoms with Crippen LogP contribution < -0.4 is 5.32 Å². The topological polar surface area (TPSA) is 21.3 Å². The lowest BCUT2D eigenvalue weighted by Gasteiger charge is -2.53. The standard InChI is InChI=1S/C16H31NO/c1-5-18-15-11-14(16(15,3)4)17-12(2)13-9-7-6-8-10-13/h12-15,17H,5-11H2,1-4H3/t12-,14?,15?/m1/s1. The zero-order chi connectivity index (χ0) is 13.2. The summed E-state index contributed by atoms with van der Waals surface area (Å²) in [6.45, 7) is 10.0. The lowest BCUT2D eigenvalue weighted by molar-refractivity contribution is -0.117. The number of hydrogen-bond acceptors (Lipinski definition) is 2. The number of ether oxygens (including phenoxy) is 1. The van der Waals surface area contributed by atoms with Crippen LogP contribution in [0.3, 0.4) is 0 Å². The molecule has 0 aliphatic heterocycles. The molecule has 2 saturated carbocycles. The van der Waals surface area contributed by atoms with Crippen molar-refractivity contribution in [1.29, 1.82) is 0 Å². The average Bonchev–Trinajstić information content (AvgIpc) is 2.38. The predicted octanol–water partition coefficient (Wildman–Crippen LogP) is 3.75. The molecule has 0 aromatic rings. The third-order valence-electron chi connectivity index (χ3n) is 5.37. The van der Waals surface area contributed by atoms with Gasteiger partial charge in [0.2, 0.25) is 0 Å². The van der Waals surface area contributed by atoms with Crippen molar-refractivity contribution in [1.82, 2.24) is 5.32 Å². The van der Waals surface area contributed by atoms with E-state index in [0.717, 1.165) is 12.5 Å². The van der Waals surface area contributed by atoms with Gasteiger partial charge in [0.05, 0.1) is 6.10 Å². The van der Waals surface area contributed by atoms with Crippen LogP contribution in [0, 0.1) is 11.3 Å². The van der Waals surface area contributed by atoms with E-state index in [1.54, 1.807) is 0 Å². The molecule has 0 aromatic heterocycles. The van der Waals surface area contributed by atoms with Crippen molar-refractivity contribution in [2.24, 2.45) is 11.3 Å². The summed E-state index contributed by atoms with van der Waals surface area (Å²) in [6.07, 6.45) is 8.83. The molecule has 2 unspecified atom stereocenters. The maximum Gasteiger partial charge on any atom is 0.0655 e. The van der Waals surface area contributed by atoms with Crippen LogP contribution >= 0.6 is 0 Å². The molecule has 2 fully saturated rings. The highest BCUT2D eigenvalue weighted by atomic mass is 16.5. The Morgan fingerprint density at radius 3 is 2.44 bits per heavy atom. The second kappa shape index (κ2) is 5.92. The van der Waals surface area contributed by atoms with Crippen molar-refractivity contribution in [3.05, 3.63) is 0 Å². The van der Waals surface area contributed by atoms with Gasteiger partial charge in [0, 0.05) is 24.1 Å². The first-order valence-electron chi connectivity index (χ1n) is 7.93. The van der Waals surface area contributed by atoms with Crippen molar-refractivity contribution in [3.63, 3.8) is 0 Å². The van der Waals surface area contributed by atoms with E-state index in [2.05, 4.69) is 33.0 Å². The van der Waals surface area contributed by atoms with Gasteiger partial charge in [0.1, 0.15) is 0 Å². The van der Waals surface area contributed by atoms with Crippen LogP contribution in [-0.4, -0.2) is 24.8 Å². The summed E-state index contributed by atoms with van der Waals surface area (Å²) in [6, 6.07) is 1.32. The van der Waals surface area contributed by atoms with Crippen LogP contribution in [0.1, 0.15) is 66.2 Å². The number of nitrogens with one attached hydrogen (secondary N) is 1. The summed E-state index contributed by atoms with van der Waals surface area (Å²) in [4.78, 5) is 0. The van der Waals surface area contributed by atoms with Gasteiger partial charge in [-0.3, -0.25) is 0 Å². The van der Waals surface area contributed by atoms with Crippen LogP contribution in [0.25, 0.3) is 0 Å². The molecular formula is C16H31NO. The van der Waals surface area contributed by atoms with E-state index < -0.39 is 0 Å². The Morgan fingerprint density at radius 2 is 1.89 bits per heavy atom. The highest BCUT2D eigenvalue weighted by Crippen LogP contribution is 2.43. The van der Waals surface area contributed by atoms with Gasteiger partial charge in [-0.15, -0.1) is 0 Å². The third kappa shape index (κ3) is 2.91. The SMILES string of the molecule is CCOC1CC(N[C@H](C)C2CCCCC2)C1(C)C. The van der Waals surface area contributed by atoms with Crippen molar-refractivity contribution in [2.75, 3.05) is 6.61 Å². The summed E-state index contributed by atoms with van der Waals surface area (Å²) >= 11 is 0. The molecular weight excluding hydrogens is 222 g/mol. The van der Waals surface area contributed by atoms with E-state index in [-0.39, 0.29) is 0 Å². The number of hydrogen-bond donors (Lipinski definition) is 1. The lowest BCUT2D eigenvalue weighted by atomic mass is 9.64. The lowest BCUT2D eigenvalue weighted by Crippen LogP contribution is -2.63. The summed E-state index contributed by atoms with van der Waals surface area (Å²) in [5.41, 5.74) is 0.305. The normalized spacial score (nSPS) is 34.0. The van der Waals surface area contributed by atoms with Crippen LogP contribution in [0.5, 0.6) is 0 Å². The van der Waals surface area contributed by atoms with Gasteiger partial charge >= 0.3 is 0 Å². The van der Waals surface area contributed by atoms with Crippen molar-refractivity contribution < 1.29 is 4.74 Å². The van der Waals surface area contributed by atoms with Gasteiger partial charge in [-0.1, -0.05) is 33.1 Å². The molecule has 3 atom stereocenters. The molecule has 0 aromatic carbocycles. The summed E-state index contributed by atoms with van der Waals surface area (Å²) in [7, 11) is 0. The Balaban J connectivity index is 1.79. The zero-order valence-corrected chi connectivity index (χ0v) is 12.7. The van der Waals surface area contributed by atoms with E-state index in [0.29, 0.717) is 23.6 Å². The molecule has 0 heterocycles. The molecule has 0 spiro atoms. The quantitative estimate of drug-likeness (QED) is 0.805. The molecule has 1 N–H and O–H groups in total. The average molecular weight is 253 g/mol. The van der Waals surface area contributed by atoms with Crippen molar-refractivity contribution >= 4 is 0 Å². The van der Waals surface area contributed by atoms with Gasteiger partial charge in [0.15, 0.2) is 0 Å². The second-order valence-electron chi connectivity index (χ2n) is 6.91. The molecule has 2 aliphatic rings. The molecule has 106 valence electrons. The molecule has 0 saturated heterocycles. The summed E-state index contributed by atoms with van der Waals surface area (Å²) in [5, 5.41) is 3.88. The first-order chi connectivity index (χ1) is 8.55. The largest absolute Gasteiger partial charge is 0.378 e. The molecule has 0 amide bonds. The van der Waals surface area contributed by atoms with Gasteiger partial charge in [-0.25, -0.2) is 0 Å². The van der Waals surface area contributed by atoms with Crippen LogP contribution in [0.4, 0.5) is 0 Å². The minimum absolute atomic E-state index is 0.305. The molecule has 18 heavy (non-hydrogen) atoms. The fourth-order valence-corrected chi connectivity index (χ4v) is 3.74. The number of rotatable bonds is 5. The Labute approximate surface area is 113 Å². The Hall–Kier alpha value is -0.0800. The highest BCUT2D eigenvalue weighted by molar-refractivity contribution is 5.03. The zero-order valence-electron chi connectivity index (χ0n) is 12.7. The van der Waals surface area contributed by atoms with Crippen LogP contribution in [0.2, 0.25) is 0 Å². The molecule has 2 aliphatic carbocycles. The maximum absolute atomic E-state index is 5.81. The minimum atomic E-state index is 0.305. The van der Waals surface area contributed by atoms with Crippen molar-refractivity contribution in [3.8, 4) is 0 Å². The van der Waals surface area contributed by atoms with Crippen LogP contribution in [-0.2, 0) is 4.74 Å². The molecule has 2 heteroatoms. The Bertz CT molecular complexity index is 258. The van der Waals surface area contributed by atoms with Gasteiger partial charge < -0.3 is 10.1 Å². The summed E-state index contributed by atoms with van der Waals surface area (Å²) in [5.74, 6) is 0.903. The van der Waals surface area contributed by atoms with E-state index in [1.807, 2.05) is 0 Å². The first kappa shape index (κ1) is 14.3. The molecule has 0 radical (unpaired) electrons. The smallest absolute Gasteiger partial charge is 0.0655 e. The van der Waals surface area contributed by atoms with E-state index >= 15 is 0 Å². The highest BCUT2D eigenvalue weighted by Gasteiger charge is 2.49. The first-order valence-corrected chi connectivity index (χ1v) is 7.93. The minimum Gasteiger partial charge on any atom is -0.378 e.